The number of anilines is 1. The predicted octanol–water partition coefficient (Wildman–Crippen LogP) is 1.99. The molecule has 0 saturated carbocycles. The molecule has 2 N–H and O–H groups in total. The average Bonchev–Trinajstić information content (AvgIpc) is 2.64. The molecule has 1 fully saturated rings. The number of aryl methyl sites for hydroxylation is 1. The lowest BCUT2D eigenvalue weighted by molar-refractivity contribution is -0.125. The Morgan fingerprint density at radius 3 is 2.48 bits per heavy atom. The summed E-state index contributed by atoms with van der Waals surface area (Å²) in [5.41, 5.74) is 1.33. The van der Waals surface area contributed by atoms with Crippen LogP contribution in [-0.2, 0) is 9.59 Å². The van der Waals surface area contributed by atoms with Crippen LogP contribution in [0.25, 0.3) is 0 Å². The van der Waals surface area contributed by atoms with E-state index in [1.54, 1.807) is 6.07 Å². The van der Waals surface area contributed by atoms with Gasteiger partial charge in [0, 0.05) is 37.9 Å². The number of hydrogen-bond donors (Lipinski definition) is 2. The van der Waals surface area contributed by atoms with E-state index in [1.165, 1.54) is 12.1 Å². The quantitative estimate of drug-likeness (QED) is 0.762. The first-order valence-corrected chi connectivity index (χ1v) is 9.63. The minimum absolute atomic E-state index is 0.0465. The molecule has 6 nitrogen and oxygen atoms in total. The standard InChI is InChI=1S/C20H31FN4O2/c1-5-15(3)22-19(26)13-24-8-10-25(11-9-24)16(4)20(27)23-18-12-17(21)7-6-14(18)2/h6-7,12,15-16H,5,8-11,13H2,1-4H3,(H,22,26)(H,23,27). The van der Waals surface area contributed by atoms with E-state index < -0.39 is 0 Å². The highest BCUT2D eigenvalue weighted by atomic mass is 19.1. The molecule has 0 aromatic heterocycles. The van der Waals surface area contributed by atoms with Crippen molar-refractivity contribution in [3.8, 4) is 0 Å². The zero-order chi connectivity index (χ0) is 20.0. The number of piperazine rings is 1. The number of hydrogen-bond acceptors (Lipinski definition) is 4. The lowest BCUT2D eigenvalue weighted by atomic mass is 10.1. The van der Waals surface area contributed by atoms with Gasteiger partial charge in [-0.2, -0.15) is 0 Å². The van der Waals surface area contributed by atoms with Gasteiger partial charge >= 0.3 is 0 Å². The highest BCUT2D eigenvalue weighted by Crippen LogP contribution is 2.17. The molecule has 0 bridgehead atoms. The minimum Gasteiger partial charge on any atom is -0.353 e. The van der Waals surface area contributed by atoms with Gasteiger partial charge in [-0.05, 0) is 44.9 Å². The van der Waals surface area contributed by atoms with Crippen molar-refractivity contribution >= 4 is 17.5 Å². The molecule has 1 heterocycles. The summed E-state index contributed by atoms with van der Waals surface area (Å²) in [5, 5.41) is 5.80. The molecule has 2 amide bonds. The smallest absolute Gasteiger partial charge is 0.241 e. The fourth-order valence-corrected chi connectivity index (χ4v) is 3.07. The van der Waals surface area contributed by atoms with Crippen molar-refractivity contribution in [1.82, 2.24) is 15.1 Å². The Kier molecular flexibility index (Phi) is 7.74. The Hall–Kier alpha value is -1.99. The molecule has 2 unspecified atom stereocenters. The SMILES string of the molecule is CCC(C)NC(=O)CN1CCN(C(C)C(=O)Nc2cc(F)ccc2C)CC1. The van der Waals surface area contributed by atoms with E-state index in [9.17, 15) is 14.0 Å². The molecule has 1 aromatic rings. The van der Waals surface area contributed by atoms with E-state index in [0.29, 0.717) is 25.3 Å². The van der Waals surface area contributed by atoms with Crippen LogP contribution in [0.3, 0.4) is 0 Å². The fraction of sp³-hybridized carbons (Fsp3) is 0.600. The monoisotopic (exact) mass is 378 g/mol. The second-order valence-corrected chi connectivity index (χ2v) is 7.31. The zero-order valence-corrected chi connectivity index (χ0v) is 16.7. The van der Waals surface area contributed by atoms with E-state index in [-0.39, 0.29) is 29.7 Å². The highest BCUT2D eigenvalue weighted by molar-refractivity contribution is 5.95. The Bertz CT molecular complexity index is 659. The highest BCUT2D eigenvalue weighted by Gasteiger charge is 2.26. The normalized spacial score (nSPS) is 18.0. The van der Waals surface area contributed by atoms with Gasteiger partial charge in [-0.25, -0.2) is 4.39 Å². The summed E-state index contributed by atoms with van der Waals surface area (Å²) in [5.74, 6) is -0.468. The molecule has 0 aliphatic carbocycles. The van der Waals surface area contributed by atoms with Gasteiger partial charge in [-0.15, -0.1) is 0 Å². The van der Waals surface area contributed by atoms with Crippen molar-refractivity contribution in [2.24, 2.45) is 0 Å². The van der Waals surface area contributed by atoms with Crippen molar-refractivity contribution in [1.29, 1.82) is 0 Å². The van der Waals surface area contributed by atoms with Crippen LogP contribution >= 0.6 is 0 Å². The lowest BCUT2D eigenvalue weighted by Gasteiger charge is -2.37. The van der Waals surface area contributed by atoms with Crippen molar-refractivity contribution in [2.75, 3.05) is 38.0 Å². The third-order valence-electron chi connectivity index (χ3n) is 5.18. The summed E-state index contributed by atoms with van der Waals surface area (Å²) in [6, 6.07) is 4.25. The van der Waals surface area contributed by atoms with E-state index in [4.69, 9.17) is 0 Å². The number of benzene rings is 1. The van der Waals surface area contributed by atoms with Crippen molar-refractivity contribution < 1.29 is 14.0 Å². The maximum Gasteiger partial charge on any atom is 0.241 e. The number of halogens is 1. The predicted molar refractivity (Wildman–Crippen MR) is 105 cm³/mol. The van der Waals surface area contributed by atoms with Crippen LogP contribution < -0.4 is 10.6 Å². The van der Waals surface area contributed by atoms with E-state index in [2.05, 4.69) is 20.4 Å². The van der Waals surface area contributed by atoms with E-state index in [1.807, 2.05) is 27.7 Å². The van der Waals surface area contributed by atoms with Gasteiger partial charge in [0.2, 0.25) is 11.8 Å². The molecule has 27 heavy (non-hydrogen) atoms. The molecule has 2 rings (SSSR count). The first-order valence-electron chi connectivity index (χ1n) is 9.63. The number of nitrogens with zero attached hydrogens (tertiary/aromatic N) is 2. The largest absolute Gasteiger partial charge is 0.353 e. The first kappa shape index (κ1) is 21.3. The van der Waals surface area contributed by atoms with Gasteiger partial charge in [-0.3, -0.25) is 19.4 Å². The van der Waals surface area contributed by atoms with Gasteiger partial charge in [0.15, 0.2) is 0 Å². The Balaban J connectivity index is 1.81. The molecule has 1 saturated heterocycles. The molecular weight excluding hydrogens is 347 g/mol. The van der Waals surface area contributed by atoms with Gasteiger partial charge in [0.05, 0.1) is 12.6 Å². The van der Waals surface area contributed by atoms with E-state index in [0.717, 1.165) is 25.1 Å². The molecule has 7 heteroatoms. The number of carbonyl (C=O) groups is 2. The zero-order valence-electron chi connectivity index (χ0n) is 16.7. The van der Waals surface area contributed by atoms with Crippen molar-refractivity contribution in [2.45, 2.75) is 46.2 Å². The van der Waals surface area contributed by atoms with Crippen molar-refractivity contribution in [3.63, 3.8) is 0 Å². The Morgan fingerprint density at radius 2 is 1.85 bits per heavy atom. The van der Waals surface area contributed by atoms with Crippen LogP contribution in [0.1, 0.15) is 32.8 Å². The van der Waals surface area contributed by atoms with Gasteiger partial charge in [0.1, 0.15) is 5.82 Å². The second kappa shape index (κ2) is 9.80. The first-order chi connectivity index (χ1) is 12.8. The molecule has 150 valence electrons. The summed E-state index contributed by atoms with van der Waals surface area (Å²) < 4.78 is 13.4. The maximum absolute atomic E-state index is 13.4. The molecule has 2 atom stereocenters. The maximum atomic E-state index is 13.4. The van der Waals surface area contributed by atoms with Gasteiger partial charge in [0.25, 0.3) is 0 Å². The van der Waals surface area contributed by atoms with Crippen LogP contribution in [-0.4, -0.2) is 66.4 Å². The summed E-state index contributed by atoms with van der Waals surface area (Å²) >= 11 is 0. The molecule has 1 aromatic carbocycles. The van der Waals surface area contributed by atoms with Gasteiger partial charge < -0.3 is 10.6 Å². The summed E-state index contributed by atoms with van der Waals surface area (Å²) in [6.45, 7) is 11.0. The topological polar surface area (TPSA) is 64.7 Å². The fourth-order valence-electron chi connectivity index (χ4n) is 3.07. The number of amides is 2. The van der Waals surface area contributed by atoms with E-state index >= 15 is 0 Å². The number of carbonyl (C=O) groups excluding carboxylic acids is 2. The Labute approximate surface area is 161 Å². The van der Waals surface area contributed by atoms with Crippen LogP contribution in [0, 0.1) is 12.7 Å². The third kappa shape index (κ3) is 6.29. The summed E-state index contributed by atoms with van der Waals surface area (Å²) in [7, 11) is 0. The molecule has 0 radical (unpaired) electrons. The van der Waals surface area contributed by atoms with Gasteiger partial charge in [-0.1, -0.05) is 13.0 Å². The summed E-state index contributed by atoms with van der Waals surface area (Å²) in [6.07, 6.45) is 0.914. The number of rotatable bonds is 7. The van der Waals surface area contributed by atoms with Crippen LogP contribution in [0.15, 0.2) is 18.2 Å². The minimum atomic E-state index is -0.368. The van der Waals surface area contributed by atoms with Crippen LogP contribution in [0.2, 0.25) is 0 Å². The molecule has 0 spiro atoms. The number of nitrogens with one attached hydrogen (secondary N) is 2. The van der Waals surface area contributed by atoms with Crippen LogP contribution in [0.5, 0.6) is 0 Å². The third-order valence-corrected chi connectivity index (χ3v) is 5.18. The van der Waals surface area contributed by atoms with Crippen LogP contribution in [0.4, 0.5) is 10.1 Å². The Morgan fingerprint density at radius 1 is 1.19 bits per heavy atom. The van der Waals surface area contributed by atoms with Crippen molar-refractivity contribution in [3.05, 3.63) is 29.6 Å². The second-order valence-electron chi connectivity index (χ2n) is 7.31. The molecule has 1 aliphatic rings. The summed E-state index contributed by atoms with van der Waals surface area (Å²) in [4.78, 5) is 28.7. The molecular formula is C20H31FN4O2. The lowest BCUT2D eigenvalue weighted by Crippen LogP contribution is -2.54. The molecule has 1 aliphatic heterocycles. The average molecular weight is 378 g/mol.